The number of hydrogen-bond donors (Lipinski definition) is 1. The Morgan fingerprint density at radius 2 is 2.28 bits per heavy atom. The molecule has 1 aromatic carbocycles. The van der Waals surface area contributed by atoms with Gasteiger partial charge in [-0.1, -0.05) is 11.2 Å². The lowest BCUT2D eigenvalue weighted by Gasteiger charge is -2.03. The van der Waals surface area contributed by atoms with Crippen LogP contribution >= 0.6 is 0 Å². The third-order valence-corrected chi connectivity index (χ3v) is 2.54. The number of rotatable bonds is 4. The highest BCUT2D eigenvalue weighted by atomic mass is 19.1. The topological polar surface area (TPSA) is 74.2 Å². The fraction of sp³-hybridized carbons (Fsp3) is 0.333. The van der Waals surface area contributed by atoms with Crippen LogP contribution in [-0.2, 0) is 4.74 Å². The van der Waals surface area contributed by atoms with Crippen LogP contribution in [0.3, 0.4) is 0 Å². The minimum Gasteiger partial charge on any atom is -0.383 e. The Labute approximate surface area is 104 Å². The summed E-state index contributed by atoms with van der Waals surface area (Å²) in [6, 6.07) is 4.28. The molecule has 0 saturated heterocycles. The number of benzene rings is 1. The first-order chi connectivity index (χ1) is 8.61. The number of hydrogen-bond acceptors (Lipinski definition) is 5. The molecule has 96 valence electrons. The van der Waals surface area contributed by atoms with Gasteiger partial charge in [0.2, 0.25) is 0 Å². The van der Waals surface area contributed by atoms with Crippen molar-refractivity contribution in [1.29, 1.82) is 0 Å². The average Bonchev–Trinajstić information content (AvgIpc) is 2.82. The van der Waals surface area contributed by atoms with Gasteiger partial charge in [-0.25, -0.2) is 4.39 Å². The molecule has 0 fully saturated rings. The summed E-state index contributed by atoms with van der Waals surface area (Å²) in [5.41, 5.74) is 6.86. The maximum Gasteiger partial charge on any atom is 0.258 e. The zero-order valence-electron chi connectivity index (χ0n) is 10.2. The number of nitrogens with zero attached hydrogens (tertiary/aromatic N) is 2. The lowest BCUT2D eigenvalue weighted by atomic mass is 10.1. The van der Waals surface area contributed by atoms with Crippen molar-refractivity contribution in [2.45, 2.75) is 13.0 Å². The average molecular weight is 251 g/mol. The Balaban J connectivity index is 2.26. The number of methoxy groups -OCH3 is 1. The molecule has 0 amide bonds. The summed E-state index contributed by atoms with van der Waals surface area (Å²) in [6.07, 6.45) is 0. The lowest BCUT2D eigenvalue weighted by Crippen LogP contribution is -2.17. The van der Waals surface area contributed by atoms with Crippen molar-refractivity contribution in [2.24, 2.45) is 5.73 Å². The van der Waals surface area contributed by atoms with Gasteiger partial charge in [-0.05, 0) is 24.6 Å². The highest BCUT2D eigenvalue weighted by Gasteiger charge is 2.15. The van der Waals surface area contributed by atoms with E-state index in [4.69, 9.17) is 15.0 Å². The molecule has 6 heteroatoms. The van der Waals surface area contributed by atoms with E-state index in [9.17, 15) is 4.39 Å². The maximum absolute atomic E-state index is 13.4. The van der Waals surface area contributed by atoms with E-state index < -0.39 is 6.04 Å². The Morgan fingerprint density at radius 3 is 2.94 bits per heavy atom. The van der Waals surface area contributed by atoms with Crippen LogP contribution < -0.4 is 5.73 Å². The molecule has 0 saturated carbocycles. The van der Waals surface area contributed by atoms with Crippen LogP contribution in [0.5, 0.6) is 0 Å². The molecule has 2 rings (SSSR count). The van der Waals surface area contributed by atoms with Crippen LogP contribution in [0.1, 0.15) is 17.4 Å². The van der Waals surface area contributed by atoms with Gasteiger partial charge in [0.1, 0.15) is 5.82 Å². The lowest BCUT2D eigenvalue weighted by molar-refractivity contribution is 0.177. The van der Waals surface area contributed by atoms with Gasteiger partial charge in [-0.3, -0.25) is 0 Å². The number of ether oxygens (including phenoxy) is 1. The Hall–Kier alpha value is -1.79. The summed E-state index contributed by atoms with van der Waals surface area (Å²) < 4.78 is 23.4. The zero-order valence-corrected chi connectivity index (χ0v) is 10.2. The maximum atomic E-state index is 13.4. The first-order valence-electron chi connectivity index (χ1n) is 5.46. The van der Waals surface area contributed by atoms with E-state index in [0.29, 0.717) is 23.6 Å². The monoisotopic (exact) mass is 251 g/mol. The molecule has 18 heavy (non-hydrogen) atoms. The van der Waals surface area contributed by atoms with Crippen molar-refractivity contribution in [3.05, 3.63) is 35.4 Å². The molecule has 0 aliphatic rings. The molecule has 1 unspecified atom stereocenters. The predicted octanol–water partition coefficient (Wildman–Crippen LogP) is 1.83. The van der Waals surface area contributed by atoms with Crippen LogP contribution in [0.4, 0.5) is 4.39 Å². The van der Waals surface area contributed by atoms with E-state index in [1.165, 1.54) is 13.2 Å². The Bertz CT molecular complexity index is 542. The predicted molar refractivity (Wildman–Crippen MR) is 63.2 cm³/mol. The van der Waals surface area contributed by atoms with Crippen molar-refractivity contribution in [3.63, 3.8) is 0 Å². The van der Waals surface area contributed by atoms with Gasteiger partial charge >= 0.3 is 0 Å². The second-order valence-corrected chi connectivity index (χ2v) is 3.98. The molecular formula is C12H14FN3O2. The Kier molecular flexibility index (Phi) is 3.69. The van der Waals surface area contributed by atoms with Crippen molar-refractivity contribution in [1.82, 2.24) is 10.1 Å². The van der Waals surface area contributed by atoms with Crippen molar-refractivity contribution in [3.8, 4) is 11.5 Å². The molecule has 2 aromatic rings. The number of aryl methyl sites for hydroxylation is 1. The molecule has 0 aliphatic heterocycles. The minimum atomic E-state index is -0.456. The van der Waals surface area contributed by atoms with Crippen LogP contribution in [-0.4, -0.2) is 23.9 Å². The van der Waals surface area contributed by atoms with Crippen LogP contribution in [0.2, 0.25) is 0 Å². The number of halogens is 1. The third kappa shape index (κ3) is 2.55. The van der Waals surface area contributed by atoms with E-state index in [2.05, 4.69) is 10.1 Å². The SMILES string of the molecule is COCC(N)c1noc(-c2ccc(C)c(F)c2)n1. The van der Waals surface area contributed by atoms with Gasteiger partial charge < -0.3 is 15.0 Å². The minimum absolute atomic E-state index is 0.246. The fourth-order valence-electron chi connectivity index (χ4n) is 1.48. The summed E-state index contributed by atoms with van der Waals surface area (Å²) in [5.74, 6) is 0.275. The first-order valence-corrected chi connectivity index (χ1v) is 5.46. The van der Waals surface area contributed by atoms with Gasteiger partial charge in [0.15, 0.2) is 5.82 Å². The van der Waals surface area contributed by atoms with Crippen molar-refractivity contribution < 1.29 is 13.7 Å². The van der Waals surface area contributed by atoms with E-state index in [1.807, 2.05) is 0 Å². The van der Waals surface area contributed by atoms with Crippen molar-refractivity contribution >= 4 is 0 Å². The van der Waals surface area contributed by atoms with E-state index in [0.717, 1.165) is 0 Å². The fourth-order valence-corrected chi connectivity index (χ4v) is 1.48. The summed E-state index contributed by atoms with van der Waals surface area (Å²) in [7, 11) is 1.54. The van der Waals surface area contributed by atoms with Gasteiger partial charge in [-0.2, -0.15) is 4.98 Å². The highest BCUT2D eigenvalue weighted by Crippen LogP contribution is 2.21. The molecular weight excluding hydrogens is 237 g/mol. The van der Waals surface area contributed by atoms with E-state index >= 15 is 0 Å². The largest absolute Gasteiger partial charge is 0.383 e. The molecule has 5 nitrogen and oxygen atoms in total. The molecule has 1 atom stereocenters. The van der Waals surface area contributed by atoms with Gasteiger partial charge in [0.05, 0.1) is 12.6 Å². The van der Waals surface area contributed by atoms with E-state index in [-0.39, 0.29) is 11.7 Å². The molecule has 0 bridgehead atoms. The van der Waals surface area contributed by atoms with Crippen LogP contribution in [0, 0.1) is 12.7 Å². The van der Waals surface area contributed by atoms with E-state index in [1.54, 1.807) is 19.1 Å². The highest BCUT2D eigenvalue weighted by molar-refractivity contribution is 5.53. The van der Waals surface area contributed by atoms with Crippen LogP contribution in [0.15, 0.2) is 22.7 Å². The summed E-state index contributed by atoms with van der Waals surface area (Å²) in [6.45, 7) is 1.98. The summed E-state index contributed by atoms with van der Waals surface area (Å²) in [4.78, 5) is 4.12. The smallest absolute Gasteiger partial charge is 0.258 e. The zero-order chi connectivity index (χ0) is 13.1. The number of nitrogens with two attached hydrogens (primary N) is 1. The molecule has 1 heterocycles. The quantitative estimate of drug-likeness (QED) is 0.897. The standard InChI is InChI=1S/C12H14FN3O2/c1-7-3-4-8(5-9(7)13)12-15-11(16-18-12)10(14)6-17-2/h3-5,10H,6,14H2,1-2H3. The number of aromatic nitrogens is 2. The second kappa shape index (κ2) is 5.24. The first kappa shape index (κ1) is 12.7. The second-order valence-electron chi connectivity index (χ2n) is 3.98. The third-order valence-electron chi connectivity index (χ3n) is 2.54. The molecule has 2 N–H and O–H groups in total. The van der Waals surface area contributed by atoms with Gasteiger partial charge in [0, 0.05) is 12.7 Å². The van der Waals surface area contributed by atoms with Gasteiger partial charge in [-0.15, -0.1) is 0 Å². The molecule has 0 spiro atoms. The summed E-state index contributed by atoms with van der Waals surface area (Å²) in [5, 5.41) is 3.75. The molecule has 0 aliphatic carbocycles. The van der Waals surface area contributed by atoms with Crippen LogP contribution in [0.25, 0.3) is 11.5 Å². The Morgan fingerprint density at radius 1 is 1.50 bits per heavy atom. The normalized spacial score (nSPS) is 12.7. The summed E-state index contributed by atoms with van der Waals surface area (Å²) >= 11 is 0. The van der Waals surface area contributed by atoms with Crippen molar-refractivity contribution in [2.75, 3.05) is 13.7 Å². The molecule has 0 radical (unpaired) electrons. The van der Waals surface area contributed by atoms with Gasteiger partial charge in [0.25, 0.3) is 5.89 Å². The molecule has 1 aromatic heterocycles.